The highest BCUT2D eigenvalue weighted by molar-refractivity contribution is 7.12. The number of rotatable bonds is 7. The number of carbonyl (C=O) groups excluding carboxylic acids is 1. The Hall–Kier alpha value is -2.41. The summed E-state index contributed by atoms with van der Waals surface area (Å²) in [5, 5.41) is 12.4. The van der Waals surface area contributed by atoms with Gasteiger partial charge in [-0.3, -0.25) is 4.79 Å². The zero-order valence-corrected chi connectivity index (χ0v) is 18.5. The van der Waals surface area contributed by atoms with E-state index in [1.165, 1.54) is 0 Å². The zero-order chi connectivity index (χ0) is 21.1. The molecule has 4 rings (SSSR count). The largest absolute Gasteiger partial charge is 0.467 e. The van der Waals surface area contributed by atoms with Gasteiger partial charge in [-0.15, -0.1) is 11.3 Å². The third-order valence-electron chi connectivity index (χ3n) is 5.21. The van der Waals surface area contributed by atoms with Crippen LogP contribution in [0.2, 0.25) is 5.02 Å². The first-order valence-corrected chi connectivity index (χ1v) is 11.2. The minimum absolute atomic E-state index is 0.0385. The van der Waals surface area contributed by atoms with Gasteiger partial charge in [0.05, 0.1) is 23.4 Å². The Balaban J connectivity index is 1.51. The van der Waals surface area contributed by atoms with Crippen LogP contribution in [0.5, 0.6) is 0 Å². The lowest BCUT2D eigenvalue weighted by molar-refractivity contribution is -0.132. The van der Waals surface area contributed by atoms with Gasteiger partial charge in [0.15, 0.2) is 0 Å². The van der Waals surface area contributed by atoms with Crippen LogP contribution in [0.25, 0.3) is 0 Å². The molecule has 0 radical (unpaired) electrons. The average Bonchev–Trinajstić information content (AvgIpc) is 3.48. The SMILES string of the molecule is CC(C)C(NCC(=O)N1N=C(c2cccs2)CC1c1ccco1)c1ccc(Cl)cc1. The van der Waals surface area contributed by atoms with Gasteiger partial charge in [0, 0.05) is 17.5 Å². The fourth-order valence-electron chi connectivity index (χ4n) is 3.72. The first kappa shape index (κ1) is 20.8. The molecule has 30 heavy (non-hydrogen) atoms. The molecule has 1 aliphatic heterocycles. The molecule has 3 aromatic rings. The average molecular weight is 442 g/mol. The molecule has 156 valence electrons. The molecule has 0 saturated heterocycles. The van der Waals surface area contributed by atoms with Crippen LogP contribution in [0.1, 0.15) is 48.6 Å². The maximum atomic E-state index is 13.2. The van der Waals surface area contributed by atoms with E-state index < -0.39 is 0 Å². The van der Waals surface area contributed by atoms with Crippen LogP contribution in [0.15, 0.2) is 69.7 Å². The second-order valence-corrected chi connectivity index (χ2v) is 9.04. The number of nitrogens with one attached hydrogen (secondary N) is 1. The number of hydrogen-bond acceptors (Lipinski definition) is 5. The number of hydrogen-bond donors (Lipinski definition) is 1. The van der Waals surface area contributed by atoms with Gasteiger partial charge in [0.1, 0.15) is 11.8 Å². The summed E-state index contributed by atoms with van der Waals surface area (Å²) in [5.74, 6) is 0.975. The monoisotopic (exact) mass is 441 g/mol. The Labute approximate surface area is 185 Å². The van der Waals surface area contributed by atoms with Crippen molar-refractivity contribution >= 4 is 34.6 Å². The molecule has 1 aromatic carbocycles. The minimum Gasteiger partial charge on any atom is -0.467 e. The molecule has 2 aromatic heterocycles. The summed E-state index contributed by atoms with van der Waals surface area (Å²) in [7, 11) is 0. The molecular weight excluding hydrogens is 418 g/mol. The number of thiophene rings is 1. The Bertz CT molecular complexity index is 998. The van der Waals surface area contributed by atoms with E-state index in [2.05, 4.69) is 24.3 Å². The third-order valence-corrected chi connectivity index (χ3v) is 6.38. The number of halogens is 1. The first-order chi connectivity index (χ1) is 14.5. The summed E-state index contributed by atoms with van der Waals surface area (Å²) in [6.07, 6.45) is 2.28. The highest BCUT2D eigenvalue weighted by atomic mass is 35.5. The van der Waals surface area contributed by atoms with E-state index in [0.717, 1.165) is 21.9 Å². The molecule has 0 spiro atoms. The van der Waals surface area contributed by atoms with E-state index in [1.54, 1.807) is 22.6 Å². The van der Waals surface area contributed by atoms with Gasteiger partial charge in [-0.05, 0) is 47.2 Å². The Morgan fingerprint density at radius 2 is 2.07 bits per heavy atom. The lowest BCUT2D eigenvalue weighted by atomic mass is 9.96. The molecule has 1 aliphatic rings. The first-order valence-electron chi connectivity index (χ1n) is 9.98. The molecule has 0 bridgehead atoms. The van der Waals surface area contributed by atoms with E-state index in [4.69, 9.17) is 16.0 Å². The normalized spacial score (nSPS) is 17.4. The predicted molar refractivity (Wildman–Crippen MR) is 121 cm³/mol. The Kier molecular flexibility index (Phi) is 6.37. The van der Waals surface area contributed by atoms with Crippen LogP contribution in [0.4, 0.5) is 0 Å². The molecule has 2 unspecified atom stereocenters. The summed E-state index contributed by atoms with van der Waals surface area (Å²) in [6, 6.07) is 15.3. The number of nitrogens with zero attached hydrogens (tertiary/aromatic N) is 2. The van der Waals surface area contributed by atoms with Crippen LogP contribution < -0.4 is 5.32 Å². The summed E-state index contributed by atoms with van der Waals surface area (Å²) in [5.41, 5.74) is 2.02. The Morgan fingerprint density at radius 1 is 1.27 bits per heavy atom. The van der Waals surface area contributed by atoms with Gasteiger partial charge in [-0.2, -0.15) is 5.10 Å². The summed E-state index contributed by atoms with van der Waals surface area (Å²) < 4.78 is 5.61. The van der Waals surface area contributed by atoms with Crippen LogP contribution in [0.3, 0.4) is 0 Å². The molecule has 5 nitrogen and oxygen atoms in total. The fourth-order valence-corrected chi connectivity index (χ4v) is 4.57. The van der Waals surface area contributed by atoms with Gasteiger partial charge in [-0.1, -0.05) is 43.6 Å². The third kappa shape index (κ3) is 4.51. The predicted octanol–water partition coefficient (Wildman–Crippen LogP) is 5.66. The van der Waals surface area contributed by atoms with Gasteiger partial charge < -0.3 is 9.73 Å². The summed E-state index contributed by atoms with van der Waals surface area (Å²) in [6.45, 7) is 4.44. The second-order valence-electron chi connectivity index (χ2n) is 7.65. The van der Waals surface area contributed by atoms with Gasteiger partial charge >= 0.3 is 0 Å². The van der Waals surface area contributed by atoms with Gasteiger partial charge in [-0.25, -0.2) is 5.01 Å². The number of benzene rings is 1. The number of furan rings is 1. The van der Waals surface area contributed by atoms with Crippen molar-refractivity contribution in [2.75, 3.05) is 6.54 Å². The lowest BCUT2D eigenvalue weighted by Gasteiger charge is -2.25. The zero-order valence-electron chi connectivity index (χ0n) is 16.9. The van der Waals surface area contributed by atoms with E-state index in [1.807, 2.05) is 53.9 Å². The lowest BCUT2D eigenvalue weighted by Crippen LogP contribution is -2.38. The van der Waals surface area contributed by atoms with Crippen LogP contribution in [-0.2, 0) is 4.79 Å². The number of amides is 1. The molecule has 1 amide bonds. The van der Waals surface area contributed by atoms with Crippen molar-refractivity contribution in [1.29, 1.82) is 0 Å². The molecule has 0 fully saturated rings. The molecule has 2 atom stereocenters. The van der Waals surface area contributed by atoms with Gasteiger partial charge in [0.25, 0.3) is 5.91 Å². The quantitative estimate of drug-likeness (QED) is 0.514. The molecule has 0 saturated carbocycles. The minimum atomic E-state index is -0.223. The topological polar surface area (TPSA) is 57.8 Å². The van der Waals surface area contributed by atoms with Gasteiger partial charge in [0.2, 0.25) is 0 Å². The number of carbonyl (C=O) groups is 1. The molecule has 1 N–H and O–H groups in total. The van der Waals surface area contributed by atoms with Crippen molar-refractivity contribution < 1.29 is 9.21 Å². The van der Waals surface area contributed by atoms with E-state index in [0.29, 0.717) is 17.4 Å². The van der Waals surface area contributed by atoms with Crippen molar-refractivity contribution in [2.24, 2.45) is 11.0 Å². The molecule has 3 heterocycles. The van der Waals surface area contributed by atoms with Crippen molar-refractivity contribution in [3.8, 4) is 0 Å². The summed E-state index contributed by atoms with van der Waals surface area (Å²) in [4.78, 5) is 14.3. The Morgan fingerprint density at radius 3 is 2.70 bits per heavy atom. The van der Waals surface area contributed by atoms with Crippen molar-refractivity contribution in [2.45, 2.75) is 32.4 Å². The molecule has 7 heteroatoms. The molecular formula is C23H24ClN3O2S. The highest BCUT2D eigenvalue weighted by Gasteiger charge is 2.35. The van der Waals surface area contributed by atoms with Crippen molar-refractivity contribution in [1.82, 2.24) is 10.3 Å². The van der Waals surface area contributed by atoms with E-state index >= 15 is 0 Å². The maximum Gasteiger partial charge on any atom is 0.257 e. The van der Waals surface area contributed by atoms with Crippen molar-refractivity contribution in [3.05, 3.63) is 81.4 Å². The summed E-state index contributed by atoms with van der Waals surface area (Å²) >= 11 is 7.65. The van der Waals surface area contributed by atoms with Crippen LogP contribution in [0, 0.1) is 5.92 Å². The highest BCUT2D eigenvalue weighted by Crippen LogP contribution is 2.34. The van der Waals surface area contributed by atoms with Crippen molar-refractivity contribution in [3.63, 3.8) is 0 Å². The van der Waals surface area contributed by atoms with Crippen LogP contribution >= 0.6 is 22.9 Å². The smallest absolute Gasteiger partial charge is 0.257 e. The van der Waals surface area contributed by atoms with E-state index in [9.17, 15) is 4.79 Å². The van der Waals surface area contributed by atoms with E-state index in [-0.39, 0.29) is 24.5 Å². The van der Waals surface area contributed by atoms with Crippen LogP contribution in [-0.4, -0.2) is 23.2 Å². The molecule has 0 aliphatic carbocycles. The maximum absolute atomic E-state index is 13.2. The standard InChI is InChI=1S/C23H24ClN3O2S/c1-15(2)23(16-7-9-17(24)10-8-16)25-14-22(28)27-19(20-5-3-11-29-20)13-18(26-27)21-6-4-12-30-21/h3-12,15,19,23,25H,13-14H2,1-2H3. The number of hydrazone groups is 1. The fraction of sp³-hybridized carbons (Fsp3) is 0.304. The second kappa shape index (κ2) is 9.16.